The molecule has 0 aliphatic carbocycles. The number of hydrogen-bond donors (Lipinski definition) is 1. The molecule has 0 bridgehead atoms. The Balaban J connectivity index is 1.66. The van der Waals surface area contributed by atoms with E-state index in [9.17, 15) is 4.79 Å². The normalized spacial score (nSPS) is 12.0. The highest BCUT2D eigenvalue weighted by molar-refractivity contribution is 5.92. The number of carbonyl (C=O) groups is 1. The number of aromatic nitrogens is 2. The Hall–Kier alpha value is -3.52. The van der Waals surface area contributed by atoms with Gasteiger partial charge in [-0.25, -0.2) is 4.98 Å². The Bertz CT molecular complexity index is 971. The number of nitrogens with zero attached hydrogens (tertiary/aromatic N) is 3. The molecule has 0 radical (unpaired) electrons. The summed E-state index contributed by atoms with van der Waals surface area (Å²) in [6, 6.07) is 16.6. The quantitative estimate of drug-likeness (QED) is 0.745. The summed E-state index contributed by atoms with van der Waals surface area (Å²) in [7, 11) is 0. The smallest absolute Gasteiger partial charge is 0.244 e. The molecule has 0 aliphatic heterocycles. The molecule has 1 amide bonds. The van der Waals surface area contributed by atoms with Crippen molar-refractivity contribution in [1.29, 1.82) is 5.26 Å². The van der Waals surface area contributed by atoms with Crippen LogP contribution in [0.5, 0.6) is 0 Å². The number of para-hydroxylation sites is 2. The highest BCUT2D eigenvalue weighted by atomic mass is 16.1. The highest BCUT2D eigenvalue weighted by Crippen LogP contribution is 2.13. The predicted molar refractivity (Wildman–Crippen MR) is 96.3 cm³/mol. The minimum absolute atomic E-state index is 0.160. The van der Waals surface area contributed by atoms with Crippen LogP contribution in [0.15, 0.2) is 60.8 Å². The summed E-state index contributed by atoms with van der Waals surface area (Å²) in [5.74, 6) is -0.216. The summed E-state index contributed by atoms with van der Waals surface area (Å²) in [6.07, 6.45) is 4.72. The van der Waals surface area contributed by atoms with E-state index >= 15 is 0 Å². The van der Waals surface area contributed by atoms with E-state index in [1.54, 1.807) is 24.4 Å². The Morgan fingerprint density at radius 2 is 1.88 bits per heavy atom. The van der Waals surface area contributed by atoms with Gasteiger partial charge in [-0.1, -0.05) is 24.3 Å². The number of hydrogen-bond acceptors (Lipinski definition) is 4. The van der Waals surface area contributed by atoms with Gasteiger partial charge in [0, 0.05) is 6.08 Å². The van der Waals surface area contributed by atoms with Gasteiger partial charge in [-0.05, 0) is 42.8 Å². The number of carbonyl (C=O) groups excluding carboxylic acids is 1. The molecule has 5 nitrogen and oxygen atoms in total. The summed E-state index contributed by atoms with van der Waals surface area (Å²) in [6.45, 7) is 1.89. The predicted octanol–water partition coefficient (Wildman–Crippen LogP) is 3.39. The molecule has 1 unspecified atom stereocenters. The molecule has 25 heavy (non-hydrogen) atoms. The molecule has 2 aromatic carbocycles. The molecule has 1 N–H and O–H groups in total. The van der Waals surface area contributed by atoms with Gasteiger partial charge in [-0.2, -0.15) is 5.26 Å². The SMILES string of the molecule is CC(NC(=O)/C=C/c1cnc2ccccc2n1)c1ccc(C#N)cc1. The third-order valence-electron chi connectivity index (χ3n) is 3.77. The zero-order valence-electron chi connectivity index (χ0n) is 13.7. The summed E-state index contributed by atoms with van der Waals surface area (Å²) in [5, 5.41) is 11.7. The lowest BCUT2D eigenvalue weighted by molar-refractivity contribution is -0.117. The molecular formula is C20H16N4O. The van der Waals surface area contributed by atoms with Crippen LogP contribution in [0.2, 0.25) is 0 Å². The van der Waals surface area contributed by atoms with E-state index in [0.717, 1.165) is 16.6 Å². The summed E-state index contributed by atoms with van der Waals surface area (Å²) in [4.78, 5) is 20.8. The minimum Gasteiger partial charge on any atom is -0.346 e. The third-order valence-corrected chi connectivity index (χ3v) is 3.77. The number of nitrogens with one attached hydrogen (secondary N) is 1. The molecule has 3 rings (SSSR count). The molecule has 122 valence electrons. The zero-order chi connectivity index (χ0) is 17.6. The maximum atomic E-state index is 12.1. The van der Waals surface area contributed by atoms with E-state index in [0.29, 0.717) is 11.3 Å². The summed E-state index contributed by atoms with van der Waals surface area (Å²) in [5.41, 5.74) is 3.76. The van der Waals surface area contributed by atoms with Crippen molar-refractivity contribution in [2.75, 3.05) is 0 Å². The van der Waals surface area contributed by atoms with Crippen molar-refractivity contribution >= 4 is 23.0 Å². The molecule has 1 atom stereocenters. The number of amides is 1. The van der Waals surface area contributed by atoms with Crippen molar-refractivity contribution in [1.82, 2.24) is 15.3 Å². The van der Waals surface area contributed by atoms with Gasteiger partial charge in [-0.15, -0.1) is 0 Å². The topological polar surface area (TPSA) is 78.7 Å². The fourth-order valence-corrected chi connectivity index (χ4v) is 2.40. The first-order valence-electron chi connectivity index (χ1n) is 7.86. The minimum atomic E-state index is -0.216. The van der Waals surface area contributed by atoms with Crippen molar-refractivity contribution in [3.8, 4) is 6.07 Å². The number of fused-ring (bicyclic) bond motifs is 1. The standard InChI is InChI=1S/C20H16N4O/c1-14(16-8-6-15(12-21)7-9-16)23-20(25)11-10-17-13-22-18-4-2-3-5-19(18)24-17/h2-11,13-14H,1H3,(H,23,25)/b11-10+. The molecule has 3 aromatic rings. The van der Waals surface area contributed by atoms with E-state index in [1.165, 1.54) is 6.08 Å². The maximum Gasteiger partial charge on any atom is 0.244 e. The molecule has 1 aromatic heterocycles. The highest BCUT2D eigenvalue weighted by Gasteiger charge is 2.07. The van der Waals surface area contributed by atoms with Crippen molar-refractivity contribution in [2.24, 2.45) is 0 Å². The average Bonchev–Trinajstić information content (AvgIpc) is 2.66. The van der Waals surface area contributed by atoms with E-state index < -0.39 is 0 Å². The molecule has 0 saturated carbocycles. The van der Waals surface area contributed by atoms with Gasteiger partial charge in [0.2, 0.25) is 5.91 Å². The van der Waals surface area contributed by atoms with Crippen molar-refractivity contribution < 1.29 is 4.79 Å². The third kappa shape index (κ3) is 4.06. The fraction of sp³-hybridized carbons (Fsp3) is 0.100. The van der Waals surface area contributed by atoms with Crippen LogP contribution in [0.1, 0.15) is 29.8 Å². The average molecular weight is 328 g/mol. The molecule has 0 spiro atoms. The molecule has 0 fully saturated rings. The Morgan fingerprint density at radius 1 is 1.16 bits per heavy atom. The van der Waals surface area contributed by atoms with Gasteiger partial charge in [0.05, 0.1) is 40.6 Å². The summed E-state index contributed by atoms with van der Waals surface area (Å²) >= 11 is 0. The first-order chi connectivity index (χ1) is 12.2. The van der Waals surface area contributed by atoms with Gasteiger partial charge in [0.25, 0.3) is 0 Å². The first kappa shape index (κ1) is 16.3. The number of rotatable bonds is 4. The van der Waals surface area contributed by atoms with Crippen LogP contribution in [-0.4, -0.2) is 15.9 Å². The second-order valence-corrected chi connectivity index (χ2v) is 5.58. The van der Waals surface area contributed by atoms with E-state index in [4.69, 9.17) is 5.26 Å². The van der Waals surface area contributed by atoms with E-state index in [-0.39, 0.29) is 11.9 Å². The lowest BCUT2D eigenvalue weighted by Crippen LogP contribution is -2.24. The van der Waals surface area contributed by atoms with Gasteiger partial charge in [0.15, 0.2) is 0 Å². The van der Waals surface area contributed by atoms with Gasteiger partial charge >= 0.3 is 0 Å². The van der Waals surface area contributed by atoms with Crippen LogP contribution >= 0.6 is 0 Å². The van der Waals surface area contributed by atoms with Gasteiger partial charge in [-0.3, -0.25) is 9.78 Å². The molecule has 0 aliphatic rings. The van der Waals surface area contributed by atoms with Crippen LogP contribution < -0.4 is 5.32 Å². The monoisotopic (exact) mass is 328 g/mol. The number of nitriles is 1. The van der Waals surface area contributed by atoms with Crippen LogP contribution in [0.25, 0.3) is 17.1 Å². The van der Waals surface area contributed by atoms with Crippen LogP contribution in [0, 0.1) is 11.3 Å². The van der Waals surface area contributed by atoms with Crippen molar-refractivity contribution in [3.63, 3.8) is 0 Å². The largest absolute Gasteiger partial charge is 0.346 e. The lowest BCUT2D eigenvalue weighted by atomic mass is 10.1. The summed E-state index contributed by atoms with van der Waals surface area (Å²) < 4.78 is 0. The maximum absolute atomic E-state index is 12.1. The fourth-order valence-electron chi connectivity index (χ4n) is 2.40. The molecule has 0 saturated heterocycles. The second-order valence-electron chi connectivity index (χ2n) is 5.58. The van der Waals surface area contributed by atoms with Crippen molar-refractivity contribution in [3.05, 3.63) is 77.6 Å². The lowest BCUT2D eigenvalue weighted by Gasteiger charge is -2.12. The van der Waals surface area contributed by atoms with Gasteiger partial charge < -0.3 is 5.32 Å². The van der Waals surface area contributed by atoms with Crippen molar-refractivity contribution in [2.45, 2.75) is 13.0 Å². The Kier molecular flexibility index (Phi) is 4.82. The molecule has 5 heteroatoms. The first-order valence-corrected chi connectivity index (χ1v) is 7.86. The van der Waals surface area contributed by atoms with Gasteiger partial charge in [0.1, 0.15) is 0 Å². The number of benzene rings is 2. The Morgan fingerprint density at radius 3 is 2.60 bits per heavy atom. The molecular weight excluding hydrogens is 312 g/mol. The van der Waals surface area contributed by atoms with Crippen LogP contribution in [0.3, 0.4) is 0 Å². The van der Waals surface area contributed by atoms with Crippen LogP contribution in [-0.2, 0) is 4.79 Å². The zero-order valence-corrected chi connectivity index (χ0v) is 13.7. The van der Waals surface area contributed by atoms with E-state index in [2.05, 4.69) is 21.4 Å². The van der Waals surface area contributed by atoms with Crippen LogP contribution in [0.4, 0.5) is 0 Å². The Labute approximate surface area is 145 Å². The second kappa shape index (κ2) is 7.37. The molecule has 1 heterocycles. The van der Waals surface area contributed by atoms with E-state index in [1.807, 2.05) is 43.3 Å².